The molecule has 0 aromatic heterocycles. The number of aryl methyl sites for hydroxylation is 2. The van der Waals surface area contributed by atoms with Crippen LogP contribution in [0.3, 0.4) is 0 Å². The summed E-state index contributed by atoms with van der Waals surface area (Å²) in [7, 11) is -0.0574. The summed E-state index contributed by atoms with van der Waals surface area (Å²) in [4.78, 5) is 0. The molecule has 0 nitrogen and oxygen atoms in total. The van der Waals surface area contributed by atoms with E-state index >= 15 is 0 Å². The van der Waals surface area contributed by atoms with Crippen LogP contribution in [0.4, 0.5) is 0 Å². The summed E-state index contributed by atoms with van der Waals surface area (Å²) >= 11 is 0. The highest BCUT2D eigenvalue weighted by atomic mass is 31.1. The van der Waals surface area contributed by atoms with Gasteiger partial charge in [-0.25, -0.2) is 0 Å². The van der Waals surface area contributed by atoms with Crippen molar-refractivity contribution in [3.8, 4) is 0 Å². The Labute approximate surface area is 205 Å². The van der Waals surface area contributed by atoms with Crippen molar-refractivity contribution in [1.29, 1.82) is 0 Å². The van der Waals surface area contributed by atoms with Crippen molar-refractivity contribution in [1.82, 2.24) is 0 Å². The van der Waals surface area contributed by atoms with E-state index in [1.807, 2.05) is 0 Å². The van der Waals surface area contributed by atoms with Gasteiger partial charge in [-0.05, 0) is 75.5 Å². The summed E-state index contributed by atoms with van der Waals surface area (Å²) in [5.41, 5.74) is 4.43. The Morgan fingerprint density at radius 1 is 0.529 bits per heavy atom. The van der Waals surface area contributed by atoms with Crippen LogP contribution in [0.5, 0.6) is 0 Å². The lowest BCUT2D eigenvalue weighted by atomic mass is 10.0. The van der Waals surface area contributed by atoms with Gasteiger partial charge >= 0.3 is 0 Å². The van der Waals surface area contributed by atoms with Crippen LogP contribution in [0.1, 0.15) is 29.5 Å². The van der Waals surface area contributed by atoms with Crippen molar-refractivity contribution in [2.45, 2.75) is 25.7 Å². The van der Waals surface area contributed by atoms with Crippen LogP contribution in [0.2, 0.25) is 0 Å². The average molecular weight is 461 g/mol. The lowest BCUT2D eigenvalue weighted by molar-refractivity contribution is 0.867. The fourth-order valence-electron chi connectivity index (χ4n) is 4.93. The van der Waals surface area contributed by atoms with E-state index in [1.165, 1.54) is 69.6 Å². The quantitative estimate of drug-likeness (QED) is 0.192. The first-order valence-corrected chi connectivity index (χ1v) is 14.4. The van der Waals surface area contributed by atoms with Crippen molar-refractivity contribution < 1.29 is 0 Å². The Morgan fingerprint density at radius 3 is 1.53 bits per heavy atom. The van der Waals surface area contributed by atoms with Gasteiger partial charge in [0.2, 0.25) is 0 Å². The van der Waals surface area contributed by atoms with E-state index in [9.17, 15) is 0 Å². The molecule has 5 aromatic rings. The predicted molar refractivity (Wildman–Crippen MR) is 152 cm³/mol. The molecule has 1 atom stereocenters. The second-order valence-electron chi connectivity index (χ2n) is 9.48. The molecule has 0 saturated carbocycles. The van der Waals surface area contributed by atoms with E-state index in [1.54, 1.807) is 0 Å². The minimum absolute atomic E-state index is 0.0574. The van der Waals surface area contributed by atoms with Gasteiger partial charge in [0.25, 0.3) is 0 Å². The first-order chi connectivity index (χ1) is 16.7. The number of hydrogen-bond donors (Lipinski definition) is 0. The second kappa shape index (κ2) is 11.0. The average Bonchev–Trinajstić information content (AvgIpc) is 2.90. The van der Waals surface area contributed by atoms with Crippen LogP contribution < -0.4 is 0 Å². The minimum Gasteiger partial charge on any atom is -0.105 e. The molecule has 0 radical (unpaired) electrons. The largest absolute Gasteiger partial charge is 0.105 e. The molecule has 0 heterocycles. The van der Waals surface area contributed by atoms with Crippen LogP contribution in [-0.2, 0) is 12.8 Å². The second-order valence-corrected chi connectivity index (χ2v) is 12.1. The highest BCUT2D eigenvalue weighted by Crippen LogP contribution is 2.42. The lowest BCUT2D eigenvalue weighted by Gasteiger charge is -2.23. The summed E-state index contributed by atoms with van der Waals surface area (Å²) in [5.74, 6) is 0.612. The van der Waals surface area contributed by atoms with E-state index in [4.69, 9.17) is 0 Å². The highest BCUT2D eigenvalue weighted by molar-refractivity contribution is 7.57. The maximum atomic E-state index is 2.41. The van der Waals surface area contributed by atoms with Crippen LogP contribution in [-0.4, -0.2) is 18.5 Å². The first-order valence-electron chi connectivity index (χ1n) is 12.5. The topological polar surface area (TPSA) is 0 Å². The van der Waals surface area contributed by atoms with Gasteiger partial charge in [-0.1, -0.05) is 122 Å². The van der Waals surface area contributed by atoms with Gasteiger partial charge < -0.3 is 0 Å². The number of fused-ring (bicyclic) bond motifs is 2. The van der Waals surface area contributed by atoms with Crippen molar-refractivity contribution in [2.24, 2.45) is 0 Å². The van der Waals surface area contributed by atoms with Crippen LogP contribution in [0, 0.1) is 0 Å². The number of benzene rings is 5. The zero-order valence-corrected chi connectivity index (χ0v) is 20.9. The molecule has 5 rings (SSSR count). The fraction of sp³-hybridized carbons (Fsp3) is 0.212. The van der Waals surface area contributed by atoms with E-state index in [-0.39, 0.29) is 7.92 Å². The fourth-order valence-corrected chi connectivity index (χ4v) is 7.65. The lowest BCUT2D eigenvalue weighted by Crippen LogP contribution is -2.06. The maximum absolute atomic E-state index is 2.41. The molecule has 170 valence electrons. The molecule has 0 aliphatic carbocycles. The van der Waals surface area contributed by atoms with Gasteiger partial charge in [-0.3, -0.25) is 0 Å². The molecular weight excluding hydrogens is 427 g/mol. The Bertz CT molecular complexity index is 1270. The Balaban J connectivity index is 1.30. The SMILES string of the molecule is CC(CP(CCc1ccc2ccccc2c1)CCc1ccc2ccccc2c1)c1ccccc1. The predicted octanol–water partition coefficient (Wildman–Crippen LogP) is 9.06. The standard InChI is InChI=1S/C33H33P/c1-26(29-9-3-2-4-10-29)25-34(21-19-27-15-17-30-11-5-7-13-32(30)23-27)22-20-28-16-18-31-12-6-8-14-33(31)24-28/h2-18,23-24,26H,19-22,25H2,1H3. The third-order valence-corrected chi connectivity index (χ3v) is 9.74. The van der Waals surface area contributed by atoms with Crippen molar-refractivity contribution in [3.63, 3.8) is 0 Å². The molecule has 1 unspecified atom stereocenters. The van der Waals surface area contributed by atoms with Crippen molar-refractivity contribution in [2.75, 3.05) is 18.5 Å². The van der Waals surface area contributed by atoms with Gasteiger partial charge in [-0.15, -0.1) is 7.92 Å². The third-order valence-electron chi connectivity index (χ3n) is 6.96. The summed E-state index contributed by atoms with van der Waals surface area (Å²) < 4.78 is 0. The van der Waals surface area contributed by atoms with Crippen LogP contribution in [0.15, 0.2) is 115 Å². The monoisotopic (exact) mass is 460 g/mol. The maximum Gasteiger partial charge on any atom is -0.0151 e. The molecule has 34 heavy (non-hydrogen) atoms. The molecule has 0 saturated heterocycles. The molecular formula is C33H33P. The third kappa shape index (κ3) is 5.75. The first kappa shape index (κ1) is 22.8. The summed E-state index contributed by atoms with van der Waals surface area (Å²) in [6.07, 6.45) is 6.27. The van der Waals surface area contributed by atoms with E-state index < -0.39 is 0 Å². The van der Waals surface area contributed by atoms with Gasteiger partial charge in [0.1, 0.15) is 0 Å². The molecule has 1 heteroatoms. The number of rotatable bonds is 9. The molecule has 0 N–H and O–H groups in total. The molecule has 0 aliphatic rings. The van der Waals surface area contributed by atoms with Crippen molar-refractivity contribution >= 4 is 29.5 Å². The molecule has 5 aromatic carbocycles. The molecule has 0 spiro atoms. The van der Waals surface area contributed by atoms with E-state index in [0.29, 0.717) is 5.92 Å². The smallest absolute Gasteiger partial charge is 0.0151 e. The summed E-state index contributed by atoms with van der Waals surface area (Å²) in [6.45, 7) is 2.41. The number of hydrogen-bond acceptors (Lipinski definition) is 0. The zero-order valence-electron chi connectivity index (χ0n) is 20.0. The van der Waals surface area contributed by atoms with E-state index in [2.05, 4.69) is 122 Å². The van der Waals surface area contributed by atoms with Crippen LogP contribution in [0.25, 0.3) is 21.5 Å². The highest BCUT2D eigenvalue weighted by Gasteiger charge is 2.15. The summed E-state index contributed by atoms with van der Waals surface area (Å²) in [5, 5.41) is 5.39. The van der Waals surface area contributed by atoms with Gasteiger partial charge in [0.05, 0.1) is 0 Å². The minimum atomic E-state index is -0.0574. The Morgan fingerprint density at radius 2 is 1.00 bits per heavy atom. The van der Waals surface area contributed by atoms with Crippen LogP contribution >= 0.6 is 7.92 Å². The summed E-state index contributed by atoms with van der Waals surface area (Å²) in [6, 6.07) is 42.5. The van der Waals surface area contributed by atoms with E-state index in [0.717, 1.165) is 0 Å². The Hall–Kier alpha value is -2.95. The zero-order chi connectivity index (χ0) is 23.2. The normalized spacial score (nSPS) is 12.4. The molecule has 0 bridgehead atoms. The van der Waals surface area contributed by atoms with Gasteiger partial charge in [0, 0.05) is 0 Å². The molecule has 0 fully saturated rings. The van der Waals surface area contributed by atoms with Crippen molar-refractivity contribution in [3.05, 3.63) is 132 Å². The molecule has 0 amide bonds. The van der Waals surface area contributed by atoms with Gasteiger partial charge in [-0.2, -0.15) is 0 Å². The Kier molecular flexibility index (Phi) is 7.37. The molecule has 0 aliphatic heterocycles. The van der Waals surface area contributed by atoms with Gasteiger partial charge in [0.15, 0.2) is 0 Å².